The van der Waals surface area contributed by atoms with Gasteiger partial charge in [0.05, 0.1) is 4.92 Å². The monoisotopic (exact) mass is 313 g/mol. The van der Waals surface area contributed by atoms with Crippen LogP contribution in [0.1, 0.15) is 29.6 Å². The van der Waals surface area contributed by atoms with Gasteiger partial charge in [-0.2, -0.15) is 0 Å². The van der Waals surface area contributed by atoms with E-state index in [1.54, 1.807) is 0 Å². The van der Waals surface area contributed by atoms with Crippen molar-refractivity contribution in [3.05, 3.63) is 33.1 Å². The van der Waals surface area contributed by atoms with Crippen molar-refractivity contribution in [1.29, 1.82) is 0 Å². The SMILES string of the molecule is O=C(NCCCOCC1CC1)c1ccnc(Cl)c1[N+](=O)[O-]. The second-order valence-electron chi connectivity index (χ2n) is 4.88. The molecule has 1 N–H and O–H groups in total. The summed E-state index contributed by atoms with van der Waals surface area (Å²) in [5.74, 6) is 0.175. The summed E-state index contributed by atoms with van der Waals surface area (Å²) in [6, 6.07) is 1.28. The molecule has 1 aromatic rings. The van der Waals surface area contributed by atoms with E-state index in [4.69, 9.17) is 16.3 Å². The predicted octanol–water partition coefficient (Wildman–Crippen LogP) is 2.19. The highest BCUT2D eigenvalue weighted by Crippen LogP contribution is 2.28. The molecule has 1 fully saturated rings. The molecule has 2 rings (SSSR count). The number of hydrogen-bond acceptors (Lipinski definition) is 5. The number of pyridine rings is 1. The highest BCUT2D eigenvalue weighted by atomic mass is 35.5. The maximum atomic E-state index is 11.9. The van der Waals surface area contributed by atoms with Crippen LogP contribution < -0.4 is 5.32 Å². The lowest BCUT2D eigenvalue weighted by Crippen LogP contribution is -2.26. The molecule has 1 amide bonds. The van der Waals surface area contributed by atoms with Crippen LogP contribution in [-0.4, -0.2) is 35.6 Å². The number of rotatable bonds is 8. The van der Waals surface area contributed by atoms with Gasteiger partial charge in [0.15, 0.2) is 0 Å². The van der Waals surface area contributed by atoms with Gasteiger partial charge in [-0.25, -0.2) is 4.98 Å². The highest BCUT2D eigenvalue weighted by Gasteiger charge is 2.24. The molecule has 114 valence electrons. The molecule has 7 nitrogen and oxygen atoms in total. The van der Waals surface area contributed by atoms with E-state index in [1.807, 2.05) is 0 Å². The van der Waals surface area contributed by atoms with Gasteiger partial charge in [-0.1, -0.05) is 11.6 Å². The zero-order chi connectivity index (χ0) is 15.2. The Morgan fingerprint density at radius 1 is 1.57 bits per heavy atom. The second kappa shape index (κ2) is 7.33. The van der Waals surface area contributed by atoms with Crippen molar-refractivity contribution in [2.75, 3.05) is 19.8 Å². The molecule has 0 aromatic carbocycles. The Bertz CT molecular complexity index is 534. The topological polar surface area (TPSA) is 94.4 Å². The van der Waals surface area contributed by atoms with Gasteiger partial charge < -0.3 is 10.1 Å². The predicted molar refractivity (Wildman–Crippen MR) is 76.4 cm³/mol. The van der Waals surface area contributed by atoms with Gasteiger partial charge in [-0.05, 0) is 31.2 Å². The van der Waals surface area contributed by atoms with Crippen LogP contribution in [0, 0.1) is 16.0 Å². The Morgan fingerprint density at radius 3 is 3.00 bits per heavy atom. The Labute approximate surface area is 126 Å². The van der Waals surface area contributed by atoms with Crippen LogP contribution in [0.5, 0.6) is 0 Å². The van der Waals surface area contributed by atoms with Gasteiger partial charge in [0.2, 0.25) is 5.15 Å². The van der Waals surface area contributed by atoms with E-state index in [2.05, 4.69) is 10.3 Å². The molecule has 1 aliphatic rings. The number of amides is 1. The molecule has 0 saturated heterocycles. The number of nitrogens with one attached hydrogen (secondary N) is 1. The third-order valence-electron chi connectivity index (χ3n) is 3.11. The minimum Gasteiger partial charge on any atom is -0.381 e. The standard InChI is InChI=1S/C13H16ClN3O4/c14-12-11(17(19)20)10(4-6-15-12)13(18)16-5-1-7-21-8-9-2-3-9/h4,6,9H,1-3,5,7-8H2,(H,16,18). The zero-order valence-electron chi connectivity index (χ0n) is 11.4. The van der Waals surface area contributed by atoms with Crippen LogP contribution in [0.15, 0.2) is 12.3 Å². The Morgan fingerprint density at radius 2 is 2.33 bits per heavy atom. The third-order valence-corrected chi connectivity index (χ3v) is 3.38. The van der Waals surface area contributed by atoms with Gasteiger partial charge in [0.25, 0.3) is 5.91 Å². The van der Waals surface area contributed by atoms with Crippen LogP contribution in [0.25, 0.3) is 0 Å². The summed E-state index contributed by atoms with van der Waals surface area (Å²) in [5.41, 5.74) is -0.555. The van der Waals surface area contributed by atoms with Gasteiger partial charge >= 0.3 is 5.69 Å². The zero-order valence-corrected chi connectivity index (χ0v) is 12.1. The van der Waals surface area contributed by atoms with E-state index in [9.17, 15) is 14.9 Å². The number of aromatic nitrogens is 1. The highest BCUT2D eigenvalue weighted by molar-refractivity contribution is 6.32. The minimum absolute atomic E-state index is 0.0844. The number of carbonyl (C=O) groups excluding carboxylic acids is 1. The Balaban J connectivity index is 1.79. The van der Waals surface area contributed by atoms with Gasteiger partial charge in [-0.15, -0.1) is 0 Å². The van der Waals surface area contributed by atoms with Crippen LogP contribution >= 0.6 is 11.6 Å². The third kappa shape index (κ3) is 4.64. The van der Waals surface area contributed by atoms with Crippen molar-refractivity contribution in [3.63, 3.8) is 0 Å². The van der Waals surface area contributed by atoms with Crippen LogP contribution in [0.3, 0.4) is 0 Å². The van der Waals surface area contributed by atoms with E-state index in [1.165, 1.54) is 25.1 Å². The number of hydrogen-bond donors (Lipinski definition) is 1. The van der Waals surface area contributed by atoms with Crippen LogP contribution in [-0.2, 0) is 4.74 Å². The van der Waals surface area contributed by atoms with Gasteiger partial charge in [-0.3, -0.25) is 14.9 Å². The van der Waals surface area contributed by atoms with Crippen molar-refractivity contribution >= 4 is 23.2 Å². The first kappa shape index (κ1) is 15.7. The van der Waals surface area contributed by atoms with E-state index < -0.39 is 16.5 Å². The molecule has 1 aliphatic carbocycles. The molecule has 8 heteroatoms. The molecular formula is C13H16ClN3O4. The first-order valence-electron chi connectivity index (χ1n) is 6.74. The average Bonchev–Trinajstić information content (AvgIpc) is 3.25. The molecule has 0 atom stereocenters. The number of ether oxygens (including phenoxy) is 1. The Kier molecular flexibility index (Phi) is 5.46. The molecule has 0 radical (unpaired) electrons. The second-order valence-corrected chi connectivity index (χ2v) is 5.24. The summed E-state index contributed by atoms with van der Waals surface area (Å²) >= 11 is 5.65. The molecule has 0 aliphatic heterocycles. The summed E-state index contributed by atoms with van der Waals surface area (Å²) in [4.78, 5) is 25.7. The van der Waals surface area contributed by atoms with Crippen molar-refractivity contribution in [2.45, 2.75) is 19.3 Å². The molecular weight excluding hydrogens is 298 g/mol. The van der Waals surface area contributed by atoms with Crippen molar-refractivity contribution in [2.24, 2.45) is 5.92 Å². The Hall–Kier alpha value is -1.73. The number of nitro groups is 1. The normalized spacial score (nSPS) is 14.0. The van der Waals surface area contributed by atoms with Crippen LogP contribution in [0.4, 0.5) is 5.69 Å². The summed E-state index contributed by atoms with van der Waals surface area (Å²) in [7, 11) is 0. The average molecular weight is 314 g/mol. The fourth-order valence-electron chi connectivity index (χ4n) is 1.79. The van der Waals surface area contributed by atoms with E-state index in [0.29, 0.717) is 25.5 Å². The first-order valence-corrected chi connectivity index (χ1v) is 7.12. The molecule has 21 heavy (non-hydrogen) atoms. The van der Waals surface area contributed by atoms with Gasteiger partial charge in [0, 0.05) is 26.0 Å². The maximum absolute atomic E-state index is 11.9. The quantitative estimate of drug-likeness (QED) is 0.343. The molecule has 1 aromatic heterocycles. The maximum Gasteiger partial charge on any atom is 0.319 e. The summed E-state index contributed by atoms with van der Waals surface area (Å²) in [6.07, 6.45) is 4.40. The smallest absolute Gasteiger partial charge is 0.319 e. The van der Waals surface area contributed by atoms with Crippen molar-refractivity contribution < 1.29 is 14.5 Å². The minimum atomic E-state index is -0.705. The largest absolute Gasteiger partial charge is 0.381 e. The fraction of sp³-hybridized carbons (Fsp3) is 0.538. The lowest BCUT2D eigenvalue weighted by atomic mass is 10.2. The molecule has 0 unspecified atom stereocenters. The summed E-state index contributed by atoms with van der Waals surface area (Å²) in [5, 5.41) is 13.2. The van der Waals surface area contributed by atoms with Gasteiger partial charge in [0.1, 0.15) is 5.56 Å². The number of carbonyl (C=O) groups is 1. The molecule has 0 bridgehead atoms. The summed E-state index contributed by atoms with van der Waals surface area (Å²) < 4.78 is 5.44. The molecule has 0 spiro atoms. The first-order chi connectivity index (χ1) is 10.1. The summed E-state index contributed by atoms with van der Waals surface area (Å²) in [6.45, 7) is 1.73. The lowest BCUT2D eigenvalue weighted by molar-refractivity contribution is -0.385. The van der Waals surface area contributed by atoms with E-state index in [-0.39, 0.29) is 10.7 Å². The van der Waals surface area contributed by atoms with Crippen molar-refractivity contribution in [3.8, 4) is 0 Å². The lowest BCUT2D eigenvalue weighted by Gasteiger charge is -2.06. The number of halogens is 1. The molecule has 1 heterocycles. The number of nitrogens with zero attached hydrogens (tertiary/aromatic N) is 2. The van der Waals surface area contributed by atoms with E-state index in [0.717, 1.165) is 6.61 Å². The molecule has 1 saturated carbocycles. The van der Waals surface area contributed by atoms with E-state index >= 15 is 0 Å². The van der Waals surface area contributed by atoms with Crippen LogP contribution in [0.2, 0.25) is 5.15 Å². The fourth-order valence-corrected chi connectivity index (χ4v) is 2.02. The van der Waals surface area contributed by atoms with Crippen molar-refractivity contribution in [1.82, 2.24) is 10.3 Å².